The highest BCUT2D eigenvalue weighted by Gasteiger charge is 2.21. The molecule has 1 heterocycles. The Balaban J connectivity index is 1.93. The first-order chi connectivity index (χ1) is 8.88. The van der Waals surface area contributed by atoms with Crippen LogP contribution in [-0.4, -0.2) is 4.98 Å². The molecule has 1 saturated carbocycles. The molecule has 1 fully saturated rings. The zero-order valence-electron chi connectivity index (χ0n) is 10.7. The number of aromatic nitrogens is 1. The Morgan fingerprint density at radius 1 is 1.06 bits per heavy atom. The maximum Gasteiger partial charge on any atom is 0.0704 e. The van der Waals surface area contributed by atoms with Crippen LogP contribution in [0.1, 0.15) is 37.2 Å². The van der Waals surface area contributed by atoms with Crippen molar-refractivity contribution in [2.75, 3.05) is 0 Å². The van der Waals surface area contributed by atoms with Gasteiger partial charge in [-0.3, -0.25) is 4.98 Å². The first-order valence-electron chi connectivity index (χ1n) is 6.84. The molecule has 1 aliphatic carbocycles. The van der Waals surface area contributed by atoms with Gasteiger partial charge in [-0.05, 0) is 55.2 Å². The van der Waals surface area contributed by atoms with Gasteiger partial charge >= 0.3 is 0 Å². The van der Waals surface area contributed by atoms with Crippen molar-refractivity contribution >= 4 is 10.9 Å². The molecule has 0 N–H and O–H groups in total. The first-order valence-corrected chi connectivity index (χ1v) is 6.84. The maximum absolute atomic E-state index is 4.45. The number of nitrogens with zero attached hydrogens (tertiary/aromatic N) is 1. The van der Waals surface area contributed by atoms with E-state index >= 15 is 0 Å². The number of allylic oxidation sites excluding steroid dienone is 1. The summed E-state index contributed by atoms with van der Waals surface area (Å²) in [5, 5.41) is 1.34. The number of hydrogen-bond donors (Lipinski definition) is 0. The Morgan fingerprint density at radius 2 is 1.89 bits per heavy atom. The second-order valence-electron chi connectivity index (χ2n) is 5.26. The fourth-order valence-electron chi connectivity index (χ4n) is 3.15. The SMILES string of the molecule is C=CC1CCC(c2cccc3ncccc23)CC1. The average Bonchev–Trinajstić information content (AvgIpc) is 2.47. The summed E-state index contributed by atoms with van der Waals surface area (Å²) in [4.78, 5) is 4.45. The highest BCUT2D eigenvalue weighted by atomic mass is 14.6. The molecule has 1 heteroatoms. The normalized spacial score (nSPS) is 24.0. The second kappa shape index (κ2) is 4.93. The molecule has 0 amide bonds. The lowest BCUT2D eigenvalue weighted by Crippen LogP contribution is -2.11. The zero-order valence-corrected chi connectivity index (χ0v) is 10.7. The Morgan fingerprint density at radius 3 is 2.67 bits per heavy atom. The highest BCUT2D eigenvalue weighted by molar-refractivity contribution is 5.82. The van der Waals surface area contributed by atoms with Crippen molar-refractivity contribution in [2.24, 2.45) is 5.92 Å². The van der Waals surface area contributed by atoms with Crippen LogP contribution in [0.3, 0.4) is 0 Å². The van der Waals surface area contributed by atoms with Crippen LogP contribution in [0.5, 0.6) is 0 Å². The molecule has 0 saturated heterocycles. The minimum Gasteiger partial charge on any atom is -0.256 e. The van der Waals surface area contributed by atoms with Crippen LogP contribution in [0.25, 0.3) is 10.9 Å². The zero-order chi connectivity index (χ0) is 12.4. The van der Waals surface area contributed by atoms with Crippen molar-refractivity contribution in [3.63, 3.8) is 0 Å². The molecule has 0 aliphatic heterocycles. The summed E-state index contributed by atoms with van der Waals surface area (Å²) in [7, 11) is 0. The van der Waals surface area contributed by atoms with Crippen molar-refractivity contribution in [1.29, 1.82) is 0 Å². The summed E-state index contributed by atoms with van der Waals surface area (Å²) in [6.07, 6.45) is 9.13. The van der Waals surface area contributed by atoms with E-state index in [-0.39, 0.29) is 0 Å². The van der Waals surface area contributed by atoms with E-state index in [1.807, 2.05) is 12.3 Å². The van der Waals surface area contributed by atoms with Gasteiger partial charge in [-0.15, -0.1) is 6.58 Å². The monoisotopic (exact) mass is 237 g/mol. The summed E-state index contributed by atoms with van der Waals surface area (Å²) in [5.74, 6) is 1.43. The van der Waals surface area contributed by atoms with Gasteiger partial charge in [-0.1, -0.05) is 24.3 Å². The van der Waals surface area contributed by atoms with E-state index in [0.717, 1.165) is 11.4 Å². The molecule has 3 rings (SSSR count). The van der Waals surface area contributed by atoms with Crippen LogP contribution in [0.2, 0.25) is 0 Å². The van der Waals surface area contributed by atoms with Crippen molar-refractivity contribution in [1.82, 2.24) is 4.98 Å². The largest absolute Gasteiger partial charge is 0.256 e. The average molecular weight is 237 g/mol. The van der Waals surface area contributed by atoms with Crippen LogP contribution in [0.15, 0.2) is 49.2 Å². The molecular weight excluding hydrogens is 218 g/mol. The van der Waals surface area contributed by atoms with E-state index in [0.29, 0.717) is 5.92 Å². The lowest BCUT2D eigenvalue weighted by Gasteiger charge is -2.27. The number of benzene rings is 1. The van der Waals surface area contributed by atoms with Gasteiger partial charge in [0.05, 0.1) is 5.52 Å². The van der Waals surface area contributed by atoms with Gasteiger partial charge in [0.2, 0.25) is 0 Å². The van der Waals surface area contributed by atoms with E-state index < -0.39 is 0 Å². The second-order valence-corrected chi connectivity index (χ2v) is 5.26. The lowest BCUT2D eigenvalue weighted by atomic mass is 9.78. The Kier molecular flexibility index (Phi) is 3.14. The van der Waals surface area contributed by atoms with Crippen LogP contribution >= 0.6 is 0 Å². The van der Waals surface area contributed by atoms with Crippen molar-refractivity contribution in [3.8, 4) is 0 Å². The molecule has 18 heavy (non-hydrogen) atoms. The molecule has 0 bridgehead atoms. The third-order valence-corrected chi connectivity index (χ3v) is 4.22. The molecule has 1 nitrogen and oxygen atoms in total. The Bertz CT molecular complexity index is 545. The van der Waals surface area contributed by atoms with Crippen molar-refractivity contribution in [3.05, 3.63) is 54.7 Å². The minimum absolute atomic E-state index is 0.703. The van der Waals surface area contributed by atoms with E-state index in [4.69, 9.17) is 0 Å². The fourth-order valence-corrected chi connectivity index (χ4v) is 3.15. The standard InChI is InChI=1S/C17H19N/c1-2-13-8-10-14(11-9-13)15-5-3-7-17-16(15)6-4-12-18-17/h2-7,12-14H,1,8-11H2. The number of rotatable bonds is 2. The minimum atomic E-state index is 0.703. The molecule has 0 radical (unpaired) electrons. The summed E-state index contributed by atoms with van der Waals surface area (Å²) < 4.78 is 0. The predicted molar refractivity (Wildman–Crippen MR) is 76.6 cm³/mol. The van der Waals surface area contributed by atoms with Crippen LogP contribution in [0, 0.1) is 5.92 Å². The van der Waals surface area contributed by atoms with Crippen LogP contribution < -0.4 is 0 Å². The molecule has 1 aromatic carbocycles. The van der Waals surface area contributed by atoms with Gasteiger partial charge in [0.25, 0.3) is 0 Å². The summed E-state index contributed by atoms with van der Waals surface area (Å²) in [6.45, 7) is 3.92. The van der Waals surface area contributed by atoms with E-state index in [9.17, 15) is 0 Å². The Labute approximate surface area is 109 Å². The van der Waals surface area contributed by atoms with Crippen LogP contribution in [0.4, 0.5) is 0 Å². The van der Waals surface area contributed by atoms with Gasteiger partial charge in [0, 0.05) is 11.6 Å². The molecule has 1 aromatic heterocycles. The van der Waals surface area contributed by atoms with Crippen molar-refractivity contribution in [2.45, 2.75) is 31.6 Å². The quantitative estimate of drug-likeness (QED) is 0.690. The molecule has 0 unspecified atom stereocenters. The van der Waals surface area contributed by atoms with E-state index in [1.54, 1.807) is 0 Å². The highest BCUT2D eigenvalue weighted by Crippen LogP contribution is 2.38. The third kappa shape index (κ3) is 2.05. The van der Waals surface area contributed by atoms with E-state index in [1.165, 1.54) is 36.6 Å². The topological polar surface area (TPSA) is 12.9 Å². The molecular formula is C17H19N. The van der Waals surface area contributed by atoms with E-state index in [2.05, 4.69) is 41.9 Å². The molecule has 92 valence electrons. The van der Waals surface area contributed by atoms with Gasteiger partial charge in [-0.2, -0.15) is 0 Å². The fraction of sp³-hybridized carbons (Fsp3) is 0.353. The summed E-state index contributed by atoms with van der Waals surface area (Å²) >= 11 is 0. The van der Waals surface area contributed by atoms with Crippen LogP contribution in [-0.2, 0) is 0 Å². The first kappa shape index (κ1) is 11.5. The van der Waals surface area contributed by atoms with Gasteiger partial charge in [-0.25, -0.2) is 0 Å². The predicted octanol–water partition coefficient (Wildman–Crippen LogP) is 4.69. The molecule has 0 spiro atoms. The summed E-state index contributed by atoms with van der Waals surface area (Å²) in [6, 6.07) is 10.8. The smallest absolute Gasteiger partial charge is 0.0704 e. The number of hydrogen-bond acceptors (Lipinski definition) is 1. The van der Waals surface area contributed by atoms with Gasteiger partial charge in [0.15, 0.2) is 0 Å². The number of pyridine rings is 1. The summed E-state index contributed by atoms with van der Waals surface area (Å²) in [5.41, 5.74) is 2.61. The maximum atomic E-state index is 4.45. The van der Waals surface area contributed by atoms with Gasteiger partial charge < -0.3 is 0 Å². The molecule has 1 aliphatic rings. The Hall–Kier alpha value is -1.63. The van der Waals surface area contributed by atoms with Crippen molar-refractivity contribution < 1.29 is 0 Å². The lowest BCUT2D eigenvalue weighted by molar-refractivity contribution is 0.377. The van der Waals surface area contributed by atoms with Gasteiger partial charge in [0.1, 0.15) is 0 Å². The molecule has 2 aromatic rings. The third-order valence-electron chi connectivity index (χ3n) is 4.22. The number of fused-ring (bicyclic) bond motifs is 1. The molecule has 0 atom stereocenters.